The minimum atomic E-state index is 0.752. The van der Waals surface area contributed by atoms with Crippen molar-refractivity contribution in [1.29, 1.82) is 0 Å². The van der Waals surface area contributed by atoms with Gasteiger partial charge in [0.1, 0.15) is 0 Å². The molecule has 0 heterocycles. The summed E-state index contributed by atoms with van der Waals surface area (Å²) in [6.07, 6.45) is 11.9. The summed E-state index contributed by atoms with van der Waals surface area (Å²) in [5.41, 5.74) is 0.752. The molecule has 0 saturated heterocycles. The van der Waals surface area contributed by atoms with E-state index < -0.39 is 0 Å². The highest BCUT2D eigenvalue weighted by atomic mass is 15.0. The van der Waals surface area contributed by atoms with Gasteiger partial charge in [0.05, 0.1) is 0 Å². The van der Waals surface area contributed by atoms with E-state index in [1.165, 1.54) is 51.4 Å². The maximum atomic E-state index is 3.94. The predicted molar refractivity (Wildman–Crippen MR) is 59.2 cm³/mol. The van der Waals surface area contributed by atoms with Gasteiger partial charge in [0, 0.05) is 12.1 Å². The van der Waals surface area contributed by atoms with Crippen LogP contribution >= 0.6 is 0 Å². The molecule has 3 rings (SSSR count). The Morgan fingerprint density at radius 3 is 2.36 bits per heavy atom. The Morgan fingerprint density at radius 1 is 1.07 bits per heavy atom. The Balaban J connectivity index is 1.65. The van der Waals surface area contributed by atoms with Gasteiger partial charge in [-0.1, -0.05) is 26.2 Å². The average molecular weight is 193 g/mol. The molecule has 3 aliphatic rings. The van der Waals surface area contributed by atoms with Crippen LogP contribution in [0.2, 0.25) is 0 Å². The summed E-state index contributed by atoms with van der Waals surface area (Å²) in [6.45, 7) is 2.38. The molecule has 0 amide bonds. The maximum Gasteiger partial charge on any atom is 0.0126 e. The molecule has 1 N–H and O–H groups in total. The molecule has 1 nitrogen and oxygen atoms in total. The Hall–Kier alpha value is -0.0400. The third-order valence-corrected chi connectivity index (χ3v) is 5.03. The van der Waals surface area contributed by atoms with E-state index >= 15 is 0 Å². The van der Waals surface area contributed by atoms with Gasteiger partial charge in [0.25, 0.3) is 0 Å². The summed E-state index contributed by atoms with van der Waals surface area (Å²) in [4.78, 5) is 0. The Labute approximate surface area is 87.7 Å². The van der Waals surface area contributed by atoms with E-state index in [-0.39, 0.29) is 0 Å². The van der Waals surface area contributed by atoms with E-state index in [1.54, 1.807) is 0 Å². The van der Waals surface area contributed by atoms with Gasteiger partial charge < -0.3 is 5.32 Å². The molecule has 3 fully saturated rings. The van der Waals surface area contributed by atoms with E-state index in [0.717, 1.165) is 23.4 Å². The first kappa shape index (κ1) is 9.21. The zero-order chi connectivity index (χ0) is 9.60. The fourth-order valence-corrected chi connectivity index (χ4v) is 3.89. The maximum absolute atomic E-state index is 3.94. The molecule has 0 aromatic heterocycles. The largest absolute Gasteiger partial charge is 0.310 e. The van der Waals surface area contributed by atoms with Gasteiger partial charge in [0.2, 0.25) is 0 Å². The SMILES string of the molecule is C[C@@H]1C[C@H]1NC1CCCC12CCCC2. The van der Waals surface area contributed by atoms with E-state index in [1.807, 2.05) is 0 Å². The molecule has 3 saturated carbocycles. The fourth-order valence-electron chi connectivity index (χ4n) is 3.89. The molecule has 0 aromatic carbocycles. The number of hydrogen-bond acceptors (Lipinski definition) is 1. The Kier molecular flexibility index (Phi) is 2.12. The summed E-state index contributed by atoms with van der Waals surface area (Å²) in [7, 11) is 0. The molecule has 14 heavy (non-hydrogen) atoms. The van der Waals surface area contributed by atoms with Crippen molar-refractivity contribution in [3.8, 4) is 0 Å². The number of rotatable bonds is 2. The Bertz CT molecular complexity index is 212. The van der Waals surface area contributed by atoms with Crippen LogP contribution in [0.15, 0.2) is 0 Å². The quantitative estimate of drug-likeness (QED) is 0.710. The van der Waals surface area contributed by atoms with Gasteiger partial charge in [-0.2, -0.15) is 0 Å². The van der Waals surface area contributed by atoms with E-state index in [2.05, 4.69) is 12.2 Å². The topological polar surface area (TPSA) is 12.0 Å². The smallest absolute Gasteiger partial charge is 0.0126 e. The lowest BCUT2D eigenvalue weighted by Gasteiger charge is -2.32. The van der Waals surface area contributed by atoms with Crippen molar-refractivity contribution in [3.05, 3.63) is 0 Å². The van der Waals surface area contributed by atoms with Crippen molar-refractivity contribution >= 4 is 0 Å². The third-order valence-electron chi connectivity index (χ3n) is 5.03. The van der Waals surface area contributed by atoms with Gasteiger partial charge in [-0.15, -0.1) is 0 Å². The van der Waals surface area contributed by atoms with Crippen LogP contribution in [0.4, 0.5) is 0 Å². The van der Waals surface area contributed by atoms with Crippen molar-refractivity contribution in [3.63, 3.8) is 0 Å². The van der Waals surface area contributed by atoms with Crippen molar-refractivity contribution in [2.75, 3.05) is 0 Å². The molecule has 0 bridgehead atoms. The second kappa shape index (κ2) is 3.23. The van der Waals surface area contributed by atoms with E-state index in [0.29, 0.717) is 0 Å². The molecular formula is C13H23N. The zero-order valence-electron chi connectivity index (χ0n) is 9.39. The first-order valence-corrected chi connectivity index (χ1v) is 6.56. The van der Waals surface area contributed by atoms with Gasteiger partial charge in [-0.25, -0.2) is 0 Å². The lowest BCUT2D eigenvalue weighted by atomic mass is 9.81. The third kappa shape index (κ3) is 1.41. The zero-order valence-corrected chi connectivity index (χ0v) is 9.39. The van der Waals surface area contributed by atoms with Crippen LogP contribution in [0, 0.1) is 11.3 Å². The summed E-state index contributed by atoms with van der Waals surface area (Å²) < 4.78 is 0. The number of nitrogens with one attached hydrogen (secondary N) is 1. The average Bonchev–Trinajstić information content (AvgIpc) is 2.67. The molecule has 0 aliphatic heterocycles. The summed E-state index contributed by atoms with van der Waals surface area (Å²) in [6, 6.07) is 1.77. The first-order valence-electron chi connectivity index (χ1n) is 6.56. The van der Waals surface area contributed by atoms with Crippen LogP contribution < -0.4 is 5.32 Å². The van der Waals surface area contributed by atoms with Crippen LogP contribution in [0.3, 0.4) is 0 Å². The van der Waals surface area contributed by atoms with Gasteiger partial charge >= 0.3 is 0 Å². The molecular weight excluding hydrogens is 170 g/mol. The van der Waals surface area contributed by atoms with Crippen molar-refractivity contribution in [2.24, 2.45) is 11.3 Å². The monoisotopic (exact) mass is 193 g/mol. The highest BCUT2D eigenvalue weighted by Gasteiger charge is 2.47. The van der Waals surface area contributed by atoms with Crippen LogP contribution in [0.5, 0.6) is 0 Å². The molecule has 0 radical (unpaired) electrons. The normalized spacial score (nSPS) is 44.8. The highest BCUT2D eigenvalue weighted by molar-refractivity contribution is 5.03. The van der Waals surface area contributed by atoms with Crippen molar-refractivity contribution in [1.82, 2.24) is 5.32 Å². The van der Waals surface area contributed by atoms with E-state index in [9.17, 15) is 0 Å². The van der Waals surface area contributed by atoms with Crippen LogP contribution in [-0.2, 0) is 0 Å². The molecule has 3 atom stereocenters. The summed E-state index contributed by atoms with van der Waals surface area (Å²) >= 11 is 0. The molecule has 80 valence electrons. The second-order valence-corrected chi connectivity index (χ2v) is 6.00. The minimum Gasteiger partial charge on any atom is -0.310 e. The lowest BCUT2D eigenvalue weighted by molar-refractivity contribution is 0.228. The van der Waals surface area contributed by atoms with Gasteiger partial charge in [-0.3, -0.25) is 0 Å². The molecule has 3 aliphatic carbocycles. The lowest BCUT2D eigenvalue weighted by Crippen LogP contribution is -2.41. The van der Waals surface area contributed by atoms with E-state index in [4.69, 9.17) is 0 Å². The molecule has 1 unspecified atom stereocenters. The molecule has 0 aromatic rings. The predicted octanol–water partition coefficient (Wildman–Crippen LogP) is 3.10. The van der Waals surface area contributed by atoms with Crippen molar-refractivity contribution < 1.29 is 0 Å². The first-order chi connectivity index (χ1) is 6.80. The molecule has 1 heteroatoms. The van der Waals surface area contributed by atoms with Gasteiger partial charge in [0.15, 0.2) is 0 Å². The van der Waals surface area contributed by atoms with Crippen LogP contribution in [0.25, 0.3) is 0 Å². The van der Waals surface area contributed by atoms with Crippen LogP contribution in [-0.4, -0.2) is 12.1 Å². The van der Waals surface area contributed by atoms with Crippen molar-refractivity contribution in [2.45, 2.75) is 70.4 Å². The minimum absolute atomic E-state index is 0.752. The highest BCUT2D eigenvalue weighted by Crippen LogP contribution is 2.51. The number of hydrogen-bond donors (Lipinski definition) is 1. The standard InChI is InChI=1S/C13H23N/c1-10-9-11(10)14-12-5-4-8-13(12)6-2-3-7-13/h10-12,14H,2-9H2,1H3/t10-,11-,12?/m1/s1. The summed E-state index contributed by atoms with van der Waals surface area (Å²) in [5, 5.41) is 3.94. The van der Waals surface area contributed by atoms with Crippen LogP contribution in [0.1, 0.15) is 58.3 Å². The van der Waals surface area contributed by atoms with Gasteiger partial charge in [-0.05, 0) is 43.4 Å². The second-order valence-electron chi connectivity index (χ2n) is 6.00. The fraction of sp³-hybridized carbons (Fsp3) is 1.00. The molecule has 1 spiro atoms. The summed E-state index contributed by atoms with van der Waals surface area (Å²) in [5.74, 6) is 0.967. The Morgan fingerprint density at radius 2 is 1.71 bits per heavy atom.